The molecule has 1 fully saturated rings. The molecule has 1 saturated carbocycles. The van der Waals surface area contributed by atoms with Crippen molar-refractivity contribution >= 4 is 20.3 Å². The number of hydrogen-bond acceptors (Lipinski definition) is 3. The molecule has 0 spiro atoms. The highest BCUT2D eigenvalue weighted by atomic mass is 28.4. The minimum atomic E-state index is -2.20. The second kappa shape index (κ2) is 5.48. The van der Waals surface area contributed by atoms with E-state index in [2.05, 4.69) is 20.8 Å². The lowest BCUT2D eigenvalue weighted by Gasteiger charge is -2.45. The molecule has 1 unspecified atom stereocenters. The fourth-order valence-electron chi connectivity index (χ4n) is 2.41. The summed E-state index contributed by atoms with van der Waals surface area (Å²) in [7, 11) is -2.20. The highest BCUT2D eigenvalue weighted by Gasteiger charge is 2.57. The molecule has 1 rings (SSSR count). The van der Waals surface area contributed by atoms with Gasteiger partial charge >= 0.3 is 11.9 Å². The molecular weight excluding hydrogens is 276 g/mol. The third-order valence-electron chi connectivity index (χ3n) is 4.84. The maximum atomic E-state index is 11.6. The molecule has 0 aromatic heterocycles. The van der Waals surface area contributed by atoms with Crippen molar-refractivity contribution in [2.24, 2.45) is 5.41 Å². The van der Waals surface area contributed by atoms with E-state index in [1.54, 1.807) is 0 Å². The van der Waals surface area contributed by atoms with Crippen LogP contribution in [0.5, 0.6) is 0 Å². The van der Waals surface area contributed by atoms with Crippen LogP contribution in [0.1, 0.15) is 46.5 Å². The summed E-state index contributed by atoms with van der Waals surface area (Å²) in [5.41, 5.74) is -1.78. The standard InChI is InChI=1S/C14H26O5Si/c1-13(2,3)20(4,5)19-10-8-6-7-9-14(10,11(15)16)12(17)18/h10H,6-9H2,1-5H3,(H,15,16)(H,17,18). The van der Waals surface area contributed by atoms with Crippen molar-refractivity contribution in [2.45, 2.75) is 70.7 Å². The lowest BCUT2D eigenvalue weighted by atomic mass is 9.72. The van der Waals surface area contributed by atoms with Gasteiger partial charge in [0.1, 0.15) is 0 Å². The molecular formula is C14H26O5Si. The van der Waals surface area contributed by atoms with E-state index in [9.17, 15) is 19.8 Å². The van der Waals surface area contributed by atoms with Crippen LogP contribution in [0.15, 0.2) is 0 Å². The lowest BCUT2D eigenvalue weighted by molar-refractivity contribution is -0.176. The van der Waals surface area contributed by atoms with E-state index < -0.39 is 31.8 Å². The molecule has 20 heavy (non-hydrogen) atoms. The SMILES string of the molecule is CC(C)(C)[Si](C)(C)OC1CCCCC1(C(=O)O)C(=O)O. The summed E-state index contributed by atoms with van der Waals surface area (Å²) in [5, 5.41) is 18.9. The number of hydrogen-bond donors (Lipinski definition) is 2. The van der Waals surface area contributed by atoms with E-state index in [1.807, 2.05) is 13.1 Å². The summed E-state index contributed by atoms with van der Waals surface area (Å²) in [6.07, 6.45) is 1.37. The predicted molar refractivity (Wildman–Crippen MR) is 78.2 cm³/mol. The van der Waals surface area contributed by atoms with Crippen LogP contribution >= 0.6 is 0 Å². The fourth-order valence-corrected chi connectivity index (χ4v) is 3.80. The molecule has 0 radical (unpaired) electrons. The second-order valence-corrected chi connectivity index (χ2v) is 12.0. The van der Waals surface area contributed by atoms with Gasteiger partial charge in [-0.1, -0.05) is 33.6 Å². The number of aliphatic carboxylic acids is 2. The van der Waals surface area contributed by atoms with Crippen LogP contribution in [-0.2, 0) is 14.0 Å². The van der Waals surface area contributed by atoms with Gasteiger partial charge in [-0.15, -0.1) is 0 Å². The Labute approximate surface area is 121 Å². The van der Waals surface area contributed by atoms with Gasteiger partial charge in [0.25, 0.3) is 0 Å². The molecule has 0 aromatic carbocycles. The zero-order valence-electron chi connectivity index (χ0n) is 13.0. The fraction of sp³-hybridized carbons (Fsp3) is 0.857. The van der Waals surface area contributed by atoms with Gasteiger partial charge in [-0.05, 0) is 31.0 Å². The van der Waals surface area contributed by atoms with Gasteiger partial charge in [0.2, 0.25) is 0 Å². The molecule has 5 nitrogen and oxygen atoms in total. The highest BCUT2D eigenvalue weighted by Crippen LogP contribution is 2.45. The minimum absolute atomic E-state index is 0.0762. The van der Waals surface area contributed by atoms with Crippen LogP contribution < -0.4 is 0 Å². The number of carbonyl (C=O) groups is 2. The van der Waals surface area contributed by atoms with Crippen molar-refractivity contribution in [2.75, 3.05) is 0 Å². The molecule has 6 heteroatoms. The first kappa shape index (κ1) is 17.2. The Morgan fingerprint density at radius 3 is 2.05 bits per heavy atom. The molecule has 0 heterocycles. The van der Waals surface area contributed by atoms with Crippen molar-refractivity contribution in [3.8, 4) is 0 Å². The van der Waals surface area contributed by atoms with E-state index in [1.165, 1.54) is 0 Å². The first-order valence-electron chi connectivity index (χ1n) is 7.10. The molecule has 0 aromatic rings. The van der Waals surface area contributed by atoms with Crippen molar-refractivity contribution in [1.29, 1.82) is 0 Å². The Bertz CT molecular complexity index is 383. The first-order chi connectivity index (χ1) is 8.95. The van der Waals surface area contributed by atoms with Crippen LogP contribution in [0.4, 0.5) is 0 Å². The summed E-state index contributed by atoms with van der Waals surface area (Å²) in [4.78, 5) is 23.2. The van der Waals surface area contributed by atoms with Gasteiger partial charge in [0.15, 0.2) is 13.7 Å². The quantitative estimate of drug-likeness (QED) is 0.616. The smallest absolute Gasteiger partial charge is 0.323 e. The minimum Gasteiger partial charge on any atom is -0.480 e. The van der Waals surface area contributed by atoms with Gasteiger partial charge in [0.05, 0.1) is 6.10 Å². The van der Waals surface area contributed by atoms with Crippen molar-refractivity contribution in [1.82, 2.24) is 0 Å². The molecule has 0 bridgehead atoms. The first-order valence-corrected chi connectivity index (χ1v) is 10.0. The average molecular weight is 302 g/mol. The van der Waals surface area contributed by atoms with Crippen LogP contribution in [0.3, 0.4) is 0 Å². The van der Waals surface area contributed by atoms with Gasteiger partial charge in [0, 0.05) is 0 Å². The Morgan fingerprint density at radius 1 is 1.15 bits per heavy atom. The zero-order chi connectivity index (χ0) is 15.8. The molecule has 0 amide bonds. The summed E-state index contributed by atoms with van der Waals surface area (Å²) in [6.45, 7) is 10.2. The third-order valence-corrected chi connectivity index (χ3v) is 9.33. The predicted octanol–water partition coefficient (Wildman–Crippen LogP) is 3.11. The third kappa shape index (κ3) is 2.91. The van der Waals surface area contributed by atoms with Crippen LogP contribution in [0.2, 0.25) is 18.1 Å². The highest BCUT2D eigenvalue weighted by molar-refractivity contribution is 6.74. The maximum Gasteiger partial charge on any atom is 0.323 e. The van der Waals surface area contributed by atoms with E-state index in [0.717, 1.165) is 6.42 Å². The van der Waals surface area contributed by atoms with Gasteiger partial charge < -0.3 is 14.6 Å². The van der Waals surface area contributed by atoms with Gasteiger partial charge in [-0.3, -0.25) is 9.59 Å². The molecule has 1 aliphatic carbocycles. The molecule has 116 valence electrons. The second-order valence-electron chi connectivity index (χ2n) is 7.19. The molecule has 2 N–H and O–H groups in total. The molecule has 1 atom stereocenters. The van der Waals surface area contributed by atoms with E-state index in [-0.39, 0.29) is 11.5 Å². The monoisotopic (exact) mass is 302 g/mol. The normalized spacial score (nSPS) is 23.4. The maximum absolute atomic E-state index is 11.6. The Morgan fingerprint density at radius 2 is 1.65 bits per heavy atom. The number of carboxylic acid groups (broad SMARTS) is 2. The average Bonchev–Trinajstić information content (AvgIpc) is 2.26. The molecule has 0 aliphatic heterocycles. The Hall–Kier alpha value is -0.883. The van der Waals surface area contributed by atoms with E-state index in [0.29, 0.717) is 12.8 Å². The van der Waals surface area contributed by atoms with Crippen LogP contribution in [-0.4, -0.2) is 36.6 Å². The van der Waals surface area contributed by atoms with Crippen LogP contribution in [0, 0.1) is 5.41 Å². The molecule has 0 saturated heterocycles. The van der Waals surface area contributed by atoms with E-state index >= 15 is 0 Å². The van der Waals surface area contributed by atoms with E-state index in [4.69, 9.17) is 4.43 Å². The lowest BCUT2D eigenvalue weighted by Crippen LogP contribution is -2.56. The summed E-state index contributed by atoms with van der Waals surface area (Å²) in [5.74, 6) is -2.54. The Kier molecular flexibility index (Phi) is 4.71. The van der Waals surface area contributed by atoms with Gasteiger partial charge in [-0.25, -0.2) is 0 Å². The zero-order valence-corrected chi connectivity index (χ0v) is 14.0. The number of rotatable bonds is 4. The summed E-state index contributed by atoms with van der Waals surface area (Å²) >= 11 is 0. The van der Waals surface area contributed by atoms with Crippen LogP contribution in [0.25, 0.3) is 0 Å². The Balaban J connectivity index is 3.13. The summed E-state index contributed by atoms with van der Waals surface area (Å²) in [6, 6.07) is 0. The summed E-state index contributed by atoms with van der Waals surface area (Å²) < 4.78 is 6.16. The molecule has 1 aliphatic rings. The van der Waals surface area contributed by atoms with Gasteiger partial charge in [-0.2, -0.15) is 0 Å². The van der Waals surface area contributed by atoms with Crippen molar-refractivity contribution in [3.05, 3.63) is 0 Å². The number of carboxylic acids is 2. The van der Waals surface area contributed by atoms with Crippen molar-refractivity contribution < 1.29 is 24.2 Å². The topological polar surface area (TPSA) is 83.8 Å². The van der Waals surface area contributed by atoms with Crippen molar-refractivity contribution in [3.63, 3.8) is 0 Å². The largest absolute Gasteiger partial charge is 0.480 e.